The first-order valence-electron chi connectivity index (χ1n) is 8.76. The van der Waals surface area contributed by atoms with Crippen LogP contribution in [0, 0.1) is 5.41 Å². The third-order valence-corrected chi connectivity index (χ3v) is 5.55. The van der Waals surface area contributed by atoms with Crippen molar-refractivity contribution in [2.45, 2.75) is 51.2 Å². The van der Waals surface area contributed by atoms with Crippen LogP contribution in [-0.2, 0) is 11.0 Å². The lowest BCUT2D eigenvalue weighted by molar-refractivity contribution is -0.141. The number of nitrogens with one attached hydrogen (secondary N) is 1. The summed E-state index contributed by atoms with van der Waals surface area (Å²) in [4.78, 5) is 15.1. The highest BCUT2D eigenvalue weighted by molar-refractivity contribution is 5.87. The number of piperidine rings is 1. The van der Waals surface area contributed by atoms with Crippen LogP contribution >= 0.6 is 0 Å². The normalized spacial score (nSPS) is 28.0. The quantitative estimate of drug-likeness (QED) is 0.832. The summed E-state index contributed by atoms with van der Waals surface area (Å²) in [6.45, 7) is 7.76. The fourth-order valence-corrected chi connectivity index (χ4v) is 4.20. The number of hydrogen-bond acceptors (Lipinski definition) is 2. The molecule has 2 atom stereocenters. The van der Waals surface area contributed by atoms with Gasteiger partial charge < -0.3 is 10.2 Å². The molecule has 0 saturated carbocycles. The zero-order chi connectivity index (χ0) is 18.5. The Labute approximate surface area is 146 Å². The van der Waals surface area contributed by atoms with E-state index < -0.39 is 17.2 Å². The first-order chi connectivity index (χ1) is 11.6. The SMILES string of the molecule is CC(C)(C)N1C[C@H](c2cccc(C(F)(F)F)c2)[C@@]2(CCCNC2)C1=O. The molecular formula is C19H25F3N2O. The molecule has 25 heavy (non-hydrogen) atoms. The van der Waals surface area contributed by atoms with Crippen LogP contribution in [0.5, 0.6) is 0 Å². The van der Waals surface area contributed by atoms with E-state index in [-0.39, 0.29) is 17.4 Å². The van der Waals surface area contributed by atoms with Crippen molar-refractivity contribution >= 4 is 5.91 Å². The number of amides is 1. The van der Waals surface area contributed by atoms with Crippen LogP contribution in [-0.4, -0.2) is 36.0 Å². The molecule has 0 aliphatic carbocycles. The Morgan fingerprint density at radius 2 is 1.96 bits per heavy atom. The smallest absolute Gasteiger partial charge is 0.337 e. The Balaban J connectivity index is 2.05. The average molecular weight is 354 g/mol. The minimum absolute atomic E-state index is 0.0645. The van der Waals surface area contributed by atoms with E-state index in [1.54, 1.807) is 6.07 Å². The fourth-order valence-electron chi connectivity index (χ4n) is 4.20. The van der Waals surface area contributed by atoms with Crippen molar-refractivity contribution in [3.05, 3.63) is 35.4 Å². The van der Waals surface area contributed by atoms with Gasteiger partial charge in [-0.3, -0.25) is 4.79 Å². The molecule has 138 valence electrons. The Hall–Kier alpha value is -1.56. The van der Waals surface area contributed by atoms with Crippen molar-refractivity contribution in [1.82, 2.24) is 10.2 Å². The van der Waals surface area contributed by atoms with Crippen molar-refractivity contribution in [3.63, 3.8) is 0 Å². The molecule has 2 aliphatic heterocycles. The van der Waals surface area contributed by atoms with Gasteiger partial charge >= 0.3 is 6.18 Å². The molecule has 6 heteroatoms. The molecule has 1 aromatic rings. The summed E-state index contributed by atoms with van der Waals surface area (Å²) in [7, 11) is 0. The fraction of sp³-hybridized carbons (Fsp3) is 0.632. The highest BCUT2D eigenvalue weighted by Gasteiger charge is 2.56. The summed E-state index contributed by atoms with van der Waals surface area (Å²) in [5.41, 5.74) is -1.03. The highest BCUT2D eigenvalue weighted by Crippen LogP contribution is 2.50. The van der Waals surface area contributed by atoms with Gasteiger partial charge in [0.25, 0.3) is 0 Å². The van der Waals surface area contributed by atoms with Crippen LogP contribution in [0.2, 0.25) is 0 Å². The molecule has 0 bridgehead atoms. The Kier molecular flexibility index (Phi) is 4.38. The molecule has 3 rings (SSSR count). The standard InChI is InChI=1S/C19H25F3N2O/c1-17(2,3)24-11-15(18(16(24)25)8-5-9-23-12-18)13-6-4-7-14(10-13)19(20,21)22/h4,6-7,10,15,23H,5,8-9,11-12H2,1-3H3/t15-,18+/m1/s1. The van der Waals surface area contributed by atoms with E-state index >= 15 is 0 Å². The van der Waals surface area contributed by atoms with E-state index in [1.165, 1.54) is 12.1 Å². The second-order valence-corrected chi connectivity index (χ2v) is 8.20. The largest absolute Gasteiger partial charge is 0.416 e. The highest BCUT2D eigenvalue weighted by atomic mass is 19.4. The van der Waals surface area contributed by atoms with E-state index in [1.807, 2.05) is 25.7 Å². The molecule has 1 aromatic carbocycles. The van der Waals surface area contributed by atoms with E-state index in [2.05, 4.69) is 5.32 Å². The van der Waals surface area contributed by atoms with E-state index in [9.17, 15) is 18.0 Å². The monoisotopic (exact) mass is 354 g/mol. The Morgan fingerprint density at radius 3 is 2.52 bits per heavy atom. The molecule has 2 aliphatic rings. The number of benzene rings is 1. The maximum atomic E-state index is 13.3. The van der Waals surface area contributed by atoms with Crippen LogP contribution in [0.1, 0.15) is 50.7 Å². The van der Waals surface area contributed by atoms with Gasteiger partial charge in [-0.15, -0.1) is 0 Å². The molecule has 0 radical (unpaired) electrons. The molecule has 2 heterocycles. The summed E-state index contributed by atoms with van der Waals surface area (Å²) >= 11 is 0. The number of hydrogen-bond donors (Lipinski definition) is 1. The lowest BCUT2D eigenvalue weighted by Gasteiger charge is -2.38. The van der Waals surface area contributed by atoms with Gasteiger partial charge in [0, 0.05) is 24.5 Å². The van der Waals surface area contributed by atoms with Gasteiger partial charge in [-0.1, -0.05) is 18.2 Å². The van der Waals surface area contributed by atoms with Crippen LogP contribution in [0.3, 0.4) is 0 Å². The first kappa shape index (κ1) is 18.2. The summed E-state index contributed by atoms with van der Waals surface area (Å²) in [6, 6.07) is 5.50. The topological polar surface area (TPSA) is 32.3 Å². The zero-order valence-corrected chi connectivity index (χ0v) is 14.9. The van der Waals surface area contributed by atoms with E-state index in [4.69, 9.17) is 0 Å². The number of likely N-dealkylation sites (tertiary alicyclic amines) is 1. The Morgan fingerprint density at radius 1 is 1.24 bits per heavy atom. The molecule has 1 spiro atoms. The lowest BCUT2D eigenvalue weighted by Crippen LogP contribution is -2.50. The molecule has 0 aromatic heterocycles. The predicted octanol–water partition coefficient (Wildman–Crippen LogP) is 3.80. The predicted molar refractivity (Wildman–Crippen MR) is 90.2 cm³/mol. The Bertz CT molecular complexity index is 657. The minimum atomic E-state index is -4.37. The van der Waals surface area contributed by atoms with Crippen molar-refractivity contribution in [2.24, 2.45) is 5.41 Å². The van der Waals surface area contributed by atoms with Gasteiger partial charge in [-0.25, -0.2) is 0 Å². The maximum absolute atomic E-state index is 13.3. The first-order valence-corrected chi connectivity index (χ1v) is 8.76. The third-order valence-electron chi connectivity index (χ3n) is 5.55. The van der Waals surface area contributed by atoms with Gasteiger partial charge in [-0.05, 0) is 51.8 Å². The van der Waals surface area contributed by atoms with Crippen molar-refractivity contribution in [3.8, 4) is 0 Å². The number of halogens is 3. The number of nitrogens with zero attached hydrogens (tertiary/aromatic N) is 1. The summed E-state index contributed by atoms with van der Waals surface area (Å²) in [6.07, 6.45) is -2.80. The molecule has 2 saturated heterocycles. The maximum Gasteiger partial charge on any atom is 0.416 e. The van der Waals surface area contributed by atoms with Crippen molar-refractivity contribution in [1.29, 1.82) is 0 Å². The number of carbonyl (C=O) groups excluding carboxylic acids is 1. The third kappa shape index (κ3) is 3.16. The van der Waals surface area contributed by atoms with E-state index in [0.29, 0.717) is 25.1 Å². The lowest BCUT2D eigenvalue weighted by atomic mass is 9.69. The zero-order valence-electron chi connectivity index (χ0n) is 14.9. The molecule has 1 N–H and O–H groups in total. The number of alkyl halides is 3. The van der Waals surface area contributed by atoms with Crippen LogP contribution in [0.25, 0.3) is 0 Å². The second kappa shape index (κ2) is 6.01. The summed E-state index contributed by atoms with van der Waals surface area (Å²) < 4.78 is 39.4. The molecule has 2 fully saturated rings. The summed E-state index contributed by atoms with van der Waals surface area (Å²) in [5.74, 6) is -0.163. The van der Waals surface area contributed by atoms with Gasteiger partial charge in [0.2, 0.25) is 5.91 Å². The second-order valence-electron chi connectivity index (χ2n) is 8.20. The number of carbonyl (C=O) groups is 1. The van der Waals surface area contributed by atoms with E-state index in [0.717, 1.165) is 19.0 Å². The van der Waals surface area contributed by atoms with Crippen LogP contribution < -0.4 is 5.32 Å². The van der Waals surface area contributed by atoms with Gasteiger partial charge in [0.05, 0.1) is 11.0 Å². The van der Waals surface area contributed by atoms with Gasteiger partial charge in [0.1, 0.15) is 0 Å². The number of rotatable bonds is 1. The minimum Gasteiger partial charge on any atom is -0.337 e. The summed E-state index contributed by atoms with van der Waals surface area (Å²) in [5, 5.41) is 3.29. The molecule has 1 amide bonds. The van der Waals surface area contributed by atoms with Crippen LogP contribution in [0.4, 0.5) is 13.2 Å². The average Bonchev–Trinajstić information content (AvgIpc) is 2.81. The van der Waals surface area contributed by atoms with Gasteiger partial charge in [0.15, 0.2) is 0 Å². The van der Waals surface area contributed by atoms with Gasteiger partial charge in [-0.2, -0.15) is 13.2 Å². The molecule has 0 unspecified atom stereocenters. The van der Waals surface area contributed by atoms with Crippen molar-refractivity contribution < 1.29 is 18.0 Å². The van der Waals surface area contributed by atoms with Crippen LogP contribution in [0.15, 0.2) is 24.3 Å². The van der Waals surface area contributed by atoms with Crippen molar-refractivity contribution in [2.75, 3.05) is 19.6 Å². The molecular weight excluding hydrogens is 329 g/mol. The molecule has 3 nitrogen and oxygen atoms in total.